The van der Waals surface area contributed by atoms with Gasteiger partial charge in [-0.05, 0) is 6.92 Å². The maximum Gasteiger partial charge on any atom is 0.286 e. The highest BCUT2D eigenvalue weighted by Crippen LogP contribution is 2.16. The van der Waals surface area contributed by atoms with Crippen molar-refractivity contribution in [2.75, 3.05) is 0 Å². The largest absolute Gasteiger partial charge is 0.286 e. The number of thioether (sulfide) groups is 1. The predicted molar refractivity (Wildman–Crippen MR) is 30.6 cm³/mol. The maximum absolute atomic E-state index is 10.4. The highest BCUT2D eigenvalue weighted by molar-refractivity contribution is 8.15. The number of carbonyl (C=O) groups is 2. The minimum absolute atomic E-state index is 0.181. The Hall–Kier alpha value is -0.510. The minimum atomic E-state index is -0.234. The molecule has 1 fully saturated rings. The topological polar surface area (TPSA) is 46.2 Å². The van der Waals surface area contributed by atoms with Crippen molar-refractivity contribution < 1.29 is 9.59 Å². The van der Waals surface area contributed by atoms with Crippen LogP contribution in [-0.2, 0) is 4.79 Å². The van der Waals surface area contributed by atoms with Gasteiger partial charge in [0.1, 0.15) is 0 Å². The van der Waals surface area contributed by atoms with Gasteiger partial charge in [0.25, 0.3) is 5.24 Å². The summed E-state index contributed by atoms with van der Waals surface area (Å²) in [4.78, 5) is 20.7. The van der Waals surface area contributed by atoms with Crippen LogP contribution >= 0.6 is 11.8 Å². The van der Waals surface area contributed by atoms with Gasteiger partial charge in [-0.3, -0.25) is 14.9 Å². The first-order chi connectivity index (χ1) is 3.70. The van der Waals surface area contributed by atoms with Crippen molar-refractivity contribution in [2.24, 2.45) is 0 Å². The van der Waals surface area contributed by atoms with Gasteiger partial charge in [0.05, 0.1) is 5.25 Å². The Kier molecular flexibility index (Phi) is 1.25. The zero-order valence-corrected chi connectivity index (χ0v) is 5.12. The normalized spacial score (nSPS) is 28.4. The van der Waals surface area contributed by atoms with E-state index in [1.807, 2.05) is 0 Å². The van der Waals surface area contributed by atoms with Crippen molar-refractivity contribution in [1.29, 1.82) is 0 Å². The third-order valence-electron chi connectivity index (χ3n) is 0.878. The quantitative estimate of drug-likeness (QED) is 0.516. The Balaban J connectivity index is 2.64. The van der Waals surface area contributed by atoms with Crippen LogP contribution < -0.4 is 5.32 Å². The molecular formula is C4H5NO2S. The van der Waals surface area contributed by atoms with Gasteiger partial charge >= 0.3 is 0 Å². The van der Waals surface area contributed by atoms with Crippen LogP contribution in [0.15, 0.2) is 0 Å². The number of carbonyl (C=O) groups excluding carboxylic acids is 2. The summed E-state index contributed by atoms with van der Waals surface area (Å²) in [5.74, 6) is -0.181. The number of hydrogen-bond donors (Lipinski definition) is 1. The van der Waals surface area contributed by atoms with Crippen LogP contribution in [0.5, 0.6) is 0 Å². The fraction of sp³-hybridized carbons (Fsp3) is 0.500. The van der Waals surface area contributed by atoms with Crippen LogP contribution in [0.3, 0.4) is 0 Å². The lowest BCUT2D eigenvalue weighted by atomic mass is 10.5. The molecule has 0 aliphatic carbocycles. The fourth-order valence-corrected chi connectivity index (χ4v) is 1.09. The van der Waals surface area contributed by atoms with E-state index in [2.05, 4.69) is 5.32 Å². The summed E-state index contributed by atoms with van der Waals surface area (Å²) in [6.07, 6.45) is 0. The summed E-state index contributed by atoms with van der Waals surface area (Å²) in [6, 6.07) is 0. The van der Waals surface area contributed by atoms with Gasteiger partial charge in [-0.25, -0.2) is 0 Å². The van der Waals surface area contributed by atoms with E-state index in [0.717, 1.165) is 11.8 Å². The standard InChI is InChI=1S/C4H5NO2S/c1-2-3(6)5-4(7)8-2/h2H,1H3,(H,5,6,7)/t2-/m1/s1. The number of rotatable bonds is 0. The van der Waals surface area contributed by atoms with E-state index < -0.39 is 0 Å². The zero-order chi connectivity index (χ0) is 6.15. The van der Waals surface area contributed by atoms with Crippen LogP contribution in [0.4, 0.5) is 4.79 Å². The second-order valence-electron chi connectivity index (χ2n) is 1.54. The van der Waals surface area contributed by atoms with E-state index in [4.69, 9.17) is 0 Å². The van der Waals surface area contributed by atoms with Crippen molar-refractivity contribution in [3.63, 3.8) is 0 Å². The van der Waals surface area contributed by atoms with E-state index in [1.54, 1.807) is 6.92 Å². The Morgan fingerprint density at radius 1 is 1.62 bits per heavy atom. The average molecular weight is 131 g/mol. The van der Waals surface area contributed by atoms with Gasteiger partial charge < -0.3 is 0 Å². The molecule has 44 valence electrons. The minimum Gasteiger partial charge on any atom is -0.286 e. The van der Waals surface area contributed by atoms with E-state index in [-0.39, 0.29) is 16.4 Å². The first-order valence-electron chi connectivity index (χ1n) is 2.21. The van der Waals surface area contributed by atoms with Crippen LogP contribution in [0, 0.1) is 0 Å². The molecule has 1 rings (SSSR count). The molecule has 1 atom stereocenters. The van der Waals surface area contributed by atoms with Crippen molar-refractivity contribution in [3.8, 4) is 0 Å². The molecule has 4 heteroatoms. The highest BCUT2D eigenvalue weighted by Gasteiger charge is 2.26. The highest BCUT2D eigenvalue weighted by atomic mass is 32.2. The van der Waals surface area contributed by atoms with E-state index >= 15 is 0 Å². The molecular weight excluding hydrogens is 126 g/mol. The monoisotopic (exact) mass is 131 g/mol. The van der Waals surface area contributed by atoms with Crippen LogP contribution in [0.25, 0.3) is 0 Å². The summed E-state index contributed by atoms with van der Waals surface area (Å²) in [5.41, 5.74) is 0. The Labute approximate surface area is 50.8 Å². The Bertz CT molecular complexity index is 145. The molecule has 2 amide bonds. The molecule has 0 unspecified atom stereocenters. The van der Waals surface area contributed by atoms with Gasteiger partial charge in [-0.1, -0.05) is 11.8 Å². The molecule has 0 spiro atoms. The molecule has 8 heavy (non-hydrogen) atoms. The molecule has 1 heterocycles. The summed E-state index contributed by atoms with van der Waals surface area (Å²) >= 11 is 1.03. The molecule has 0 radical (unpaired) electrons. The molecule has 1 aliphatic heterocycles. The Morgan fingerprint density at radius 2 is 2.25 bits per heavy atom. The summed E-state index contributed by atoms with van der Waals surface area (Å²) in [5, 5.41) is 1.73. The first-order valence-corrected chi connectivity index (χ1v) is 3.09. The number of imide groups is 1. The van der Waals surface area contributed by atoms with Crippen molar-refractivity contribution in [1.82, 2.24) is 5.32 Å². The lowest BCUT2D eigenvalue weighted by Crippen LogP contribution is -2.22. The van der Waals surface area contributed by atoms with Crippen molar-refractivity contribution in [2.45, 2.75) is 12.2 Å². The summed E-state index contributed by atoms with van der Waals surface area (Å²) in [6.45, 7) is 1.70. The van der Waals surface area contributed by atoms with Crippen LogP contribution in [-0.4, -0.2) is 16.4 Å². The van der Waals surface area contributed by atoms with Gasteiger partial charge in [0.15, 0.2) is 0 Å². The third kappa shape index (κ3) is 0.838. The van der Waals surface area contributed by atoms with E-state index in [1.165, 1.54) is 0 Å². The smallest absolute Gasteiger partial charge is 0.286 e. The fourth-order valence-electron chi connectivity index (χ4n) is 0.446. The number of amides is 2. The molecule has 3 nitrogen and oxygen atoms in total. The van der Waals surface area contributed by atoms with Crippen LogP contribution in [0.2, 0.25) is 0 Å². The SMILES string of the molecule is C[C@H]1SC(=O)NC1=O. The molecule has 0 aromatic heterocycles. The predicted octanol–water partition coefficient (Wildman–Crippen LogP) is 0.358. The van der Waals surface area contributed by atoms with Crippen LogP contribution in [0.1, 0.15) is 6.92 Å². The molecule has 0 bridgehead atoms. The van der Waals surface area contributed by atoms with Gasteiger partial charge in [-0.2, -0.15) is 0 Å². The van der Waals surface area contributed by atoms with Gasteiger partial charge in [-0.15, -0.1) is 0 Å². The van der Waals surface area contributed by atoms with Gasteiger partial charge in [0, 0.05) is 0 Å². The summed E-state index contributed by atoms with van der Waals surface area (Å²) in [7, 11) is 0. The molecule has 1 N–H and O–H groups in total. The lowest BCUT2D eigenvalue weighted by Gasteiger charge is -1.87. The van der Waals surface area contributed by atoms with E-state index in [0.29, 0.717) is 0 Å². The van der Waals surface area contributed by atoms with Crippen molar-refractivity contribution >= 4 is 22.9 Å². The maximum atomic E-state index is 10.4. The average Bonchev–Trinajstić information content (AvgIpc) is 1.85. The zero-order valence-electron chi connectivity index (χ0n) is 4.30. The number of hydrogen-bond acceptors (Lipinski definition) is 3. The van der Waals surface area contributed by atoms with Gasteiger partial charge in [0.2, 0.25) is 5.91 Å². The molecule has 0 aromatic rings. The molecule has 1 aliphatic rings. The Morgan fingerprint density at radius 3 is 2.38 bits per heavy atom. The molecule has 1 saturated heterocycles. The molecule has 0 aromatic carbocycles. The molecule has 0 saturated carbocycles. The number of nitrogens with one attached hydrogen (secondary N) is 1. The van der Waals surface area contributed by atoms with E-state index in [9.17, 15) is 9.59 Å². The summed E-state index contributed by atoms with van der Waals surface area (Å²) < 4.78 is 0. The second-order valence-corrected chi connectivity index (χ2v) is 2.85. The first kappa shape index (κ1) is 5.62. The second kappa shape index (κ2) is 1.78. The van der Waals surface area contributed by atoms with Crippen molar-refractivity contribution in [3.05, 3.63) is 0 Å². The third-order valence-corrected chi connectivity index (χ3v) is 1.76. The lowest BCUT2D eigenvalue weighted by molar-refractivity contribution is -0.118.